The van der Waals surface area contributed by atoms with E-state index in [0.29, 0.717) is 17.7 Å². The molecule has 132 valence electrons. The number of unbranched alkanes of at least 4 members (excludes halogenated alkanes) is 1. The highest BCUT2D eigenvalue weighted by Gasteiger charge is 2.47. The van der Waals surface area contributed by atoms with Crippen LogP contribution < -0.4 is 0 Å². The van der Waals surface area contributed by atoms with Crippen LogP contribution in [0, 0.1) is 0 Å². The van der Waals surface area contributed by atoms with Crippen molar-refractivity contribution in [2.24, 2.45) is 0 Å². The summed E-state index contributed by atoms with van der Waals surface area (Å²) in [5.74, 6) is -0.910. The van der Waals surface area contributed by atoms with E-state index < -0.39 is 27.5 Å². The number of nitrogens with zero attached hydrogens (tertiary/aromatic N) is 1. The predicted octanol–water partition coefficient (Wildman–Crippen LogP) is 2.63. The van der Waals surface area contributed by atoms with Gasteiger partial charge >= 0.3 is 5.97 Å². The monoisotopic (exact) mass is 353 g/mol. The third-order valence-corrected chi connectivity index (χ3v) is 5.71. The van der Waals surface area contributed by atoms with Crippen LogP contribution in [0.3, 0.4) is 0 Å². The molecule has 1 aliphatic rings. The standard InChI is InChI=1S/C17H23NO5S/c1-5-6-7-15(16(19)20)18-11(2)17(3,4)13-10-12(24(21,22)23)8-9-14(13)18/h8-10,15H,5-7H2,1-4H3,(H-,19,20,21,22,23). The lowest BCUT2D eigenvalue weighted by Crippen LogP contribution is -2.36. The molecular formula is C17H23NO5S. The molecule has 1 N–H and O–H groups in total. The first kappa shape index (κ1) is 18.6. The molecule has 1 aliphatic heterocycles. The molecule has 0 saturated heterocycles. The van der Waals surface area contributed by atoms with Crippen molar-refractivity contribution in [3.05, 3.63) is 23.8 Å². The number of fused-ring (bicyclic) bond motifs is 1. The van der Waals surface area contributed by atoms with Gasteiger partial charge in [-0.1, -0.05) is 13.3 Å². The molecule has 1 unspecified atom stereocenters. The molecule has 6 nitrogen and oxygen atoms in total. The number of carbonyl (C=O) groups is 1. The molecule has 7 heteroatoms. The summed E-state index contributed by atoms with van der Waals surface area (Å²) in [6.07, 6.45) is 2.17. The smallest absolute Gasteiger partial charge is 0.373 e. The summed E-state index contributed by atoms with van der Waals surface area (Å²) in [4.78, 5) is 11.5. The Kier molecular flexibility index (Phi) is 4.88. The molecule has 2 rings (SSSR count). The van der Waals surface area contributed by atoms with Crippen LogP contribution in [0.15, 0.2) is 23.1 Å². The maximum absolute atomic E-state index is 11.8. The molecule has 24 heavy (non-hydrogen) atoms. The zero-order valence-corrected chi connectivity index (χ0v) is 15.2. The summed E-state index contributed by atoms with van der Waals surface area (Å²) < 4.78 is 35.7. The van der Waals surface area contributed by atoms with Crippen molar-refractivity contribution in [2.45, 2.75) is 63.3 Å². The van der Waals surface area contributed by atoms with Crippen molar-refractivity contribution in [3.63, 3.8) is 0 Å². The molecule has 0 aromatic heterocycles. The van der Waals surface area contributed by atoms with E-state index in [2.05, 4.69) is 0 Å². The summed E-state index contributed by atoms with van der Waals surface area (Å²) in [7, 11) is -4.55. The molecule has 1 atom stereocenters. The maximum atomic E-state index is 11.8. The van der Waals surface area contributed by atoms with Crippen LogP contribution in [0.1, 0.15) is 52.5 Å². The minimum absolute atomic E-state index is 0.288. The first-order valence-corrected chi connectivity index (χ1v) is 9.39. The average molecular weight is 353 g/mol. The molecule has 1 aromatic rings. The van der Waals surface area contributed by atoms with Crippen LogP contribution in [0.2, 0.25) is 0 Å². The Balaban J connectivity index is 2.64. The van der Waals surface area contributed by atoms with Crippen LogP contribution in [0.4, 0.5) is 5.69 Å². The average Bonchev–Trinajstić information content (AvgIpc) is 2.67. The lowest BCUT2D eigenvalue weighted by atomic mass is 9.82. The summed E-state index contributed by atoms with van der Waals surface area (Å²) in [5.41, 5.74) is 1.62. The molecule has 0 amide bonds. The zero-order chi connectivity index (χ0) is 18.3. The normalized spacial score (nSPS) is 17.7. The zero-order valence-electron chi connectivity index (χ0n) is 14.4. The summed E-state index contributed by atoms with van der Waals surface area (Å²) in [5, 5.41) is 9.66. The van der Waals surface area contributed by atoms with E-state index in [-0.39, 0.29) is 4.90 Å². The molecule has 0 fully saturated rings. The van der Waals surface area contributed by atoms with E-state index in [1.807, 2.05) is 27.7 Å². The van der Waals surface area contributed by atoms with Crippen molar-refractivity contribution in [2.75, 3.05) is 0 Å². The molecule has 0 saturated carbocycles. The van der Waals surface area contributed by atoms with E-state index in [0.717, 1.165) is 18.6 Å². The fourth-order valence-corrected chi connectivity index (χ4v) is 3.72. The van der Waals surface area contributed by atoms with Crippen LogP contribution in [-0.4, -0.2) is 40.4 Å². The number of hydrogen-bond donors (Lipinski definition) is 1. The van der Waals surface area contributed by atoms with E-state index in [1.165, 1.54) is 12.1 Å². The van der Waals surface area contributed by atoms with Gasteiger partial charge in [-0.3, -0.25) is 0 Å². The van der Waals surface area contributed by atoms with Gasteiger partial charge in [-0.2, -0.15) is 4.58 Å². The topological polar surface area (TPSA) is 97.5 Å². The van der Waals surface area contributed by atoms with Gasteiger partial charge in [0.05, 0.1) is 10.3 Å². The van der Waals surface area contributed by atoms with Crippen molar-refractivity contribution in [1.29, 1.82) is 0 Å². The second kappa shape index (κ2) is 6.29. The minimum atomic E-state index is -4.55. The van der Waals surface area contributed by atoms with Crippen molar-refractivity contribution < 1.29 is 27.4 Å². The van der Waals surface area contributed by atoms with Gasteiger partial charge in [0.25, 0.3) is 6.04 Å². The Morgan fingerprint density at radius 2 is 2.00 bits per heavy atom. The molecule has 0 aliphatic carbocycles. The molecule has 1 heterocycles. The van der Waals surface area contributed by atoms with Crippen molar-refractivity contribution >= 4 is 27.5 Å². The lowest BCUT2D eigenvalue weighted by molar-refractivity contribution is -0.472. The lowest BCUT2D eigenvalue weighted by Gasteiger charge is -2.16. The van der Waals surface area contributed by atoms with Gasteiger partial charge in [0, 0.05) is 25.0 Å². The highest BCUT2D eigenvalue weighted by molar-refractivity contribution is 7.85. The van der Waals surface area contributed by atoms with E-state index in [9.17, 15) is 22.9 Å². The number of carboxylic acid groups (broad SMARTS) is 1. The predicted molar refractivity (Wildman–Crippen MR) is 89.0 cm³/mol. The number of hydrogen-bond acceptors (Lipinski definition) is 4. The van der Waals surface area contributed by atoms with Crippen LogP contribution in [-0.2, 0) is 20.3 Å². The van der Waals surface area contributed by atoms with Gasteiger partial charge in [0.2, 0.25) is 5.69 Å². The van der Waals surface area contributed by atoms with Crippen LogP contribution >= 0.6 is 0 Å². The van der Waals surface area contributed by atoms with Crippen LogP contribution in [0.5, 0.6) is 0 Å². The van der Waals surface area contributed by atoms with E-state index in [1.54, 1.807) is 10.6 Å². The van der Waals surface area contributed by atoms with Crippen molar-refractivity contribution in [1.82, 2.24) is 0 Å². The summed E-state index contributed by atoms with van der Waals surface area (Å²) >= 11 is 0. The molecule has 0 spiro atoms. The highest BCUT2D eigenvalue weighted by atomic mass is 32.2. The second-order valence-corrected chi connectivity index (χ2v) is 8.09. The number of aliphatic carboxylic acids is 1. The Hall–Kier alpha value is -1.73. The third-order valence-electron chi connectivity index (χ3n) is 4.88. The van der Waals surface area contributed by atoms with Crippen molar-refractivity contribution in [3.8, 4) is 0 Å². The first-order valence-electron chi connectivity index (χ1n) is 7.98. The number of carboxylic acids is 1. The highest BCUT2D eigenvalue weighted by Crippen LogP contribution is 2.42. The van der Waals surface area contributed by atoms with Gasteiger partial charge in [0.15, 0.2) is 5.71 Å². The van der Waals surface area contributed by atoms with Gasteiger partial charge in [-0.25, -0.2) is 13.2 Å². The third kappa shape index (κ3) is 3.10. The van der Waals surface area contributed by atoms with E-state index in [4.69, 9.17) is 0 Å². The fourth-order valence-electron chi connectivity index (χ4n) is 3.22. The molecule has 0 bridgehead atoms. The largest absolute Gasteiger partial charge is 0.744 e. The second-order valence-electron chi connectivity index (χ2n) is 6.71. The number of rotatable bonds is 6. The quantitative estimate of drug-likeness (QED) is 0.626. The first-order chi connectivity index (χ1) is 11.0. The Bertz CT molecular complexity index is 808. The number of benzene rings is 1. The molecular weight excluding hydrogens is 330 g/mol. The Labute approximate surface area is 142 Å². The summed E-state index contributed by atoms with van der Waals surface area (Å²) in [6, 6.07) is 3.46. The van der Waals surface area contributed by atoms with Gasteiger partial charge < -0.3 is 9.66 Å². The fraction of sp³-hybridized carbons (Fsp3) is 0.529. The van der Waals surface area contributed by atoms with E-state index >= 15 is 0 Å². The maximum Gasteiger partial charge on any atom is 0.373 e. The molecule has 0 radical (unpaired) electrons. The minimum Gasteiger partial charge on any atom is -0.744 e. The van der Waals surface area contributed by atoms with Crippen LogP contribution in [0.25, 0.3) is 0 Å². The van der Waals surface area contributed by atoms with Gasteiger partial charge in [0.1, 0.15) is 10.1 Å². The van der Waals surface area contributed by atoms with Gasteiger partial charge in [-0.15, -0.1) is 0 Å². The van der Waals surface area contributed by atoms with Gasteiger partial charge in [-0.05, 0) is 32.4 Å². The summed E-state index contributed by atoms with van der Waals surface area (Å²) in [6.45, 7) is 7.66. The molecule has 1 aromatic carbocycles. The Morgan fingerprint density at radius 1 is 1.38 bits per heavy atom. The Morgan fingerprint density at radius 3 is 2.50 bits per heavy atom. The SMILES string of the molecule is CCCCC(C(=O)O)[N+]1=C(C)C(C)(C)c2cc(S(=O)(=O)[O-])ccc21.